The van der Waals surface area contributed by atoms with Gasteiger partial charge in [-0.05, 0) is 12.3 Å². The highest BCUT2D eigenvalue weighted by molar-refractivity contribution is 5.23. The summed E-state index contributed by atoms with van der Waals surface area (Å²) in [5.74, 6) is 0. The highest BCUT2D eigenvalue weighted by atomic mass is 16.5. The molecule has 0 radical (unpaired) electrons. The number of rotatable bonds is 5. The van der Waals surface area contributed by atoms with Crippen LogP contribution in [-0.2, 0) is 4.74 Å². The lowest BCUT2D eigenvalue weighted by Gasteiger charge is -2.35. The molecule has 0 aliphatic heterocycles. The zero-order valence-electron chi connectivity index (χ0n) is 9.95. The van der Waals surface area contributed by atoms with Crippen molar-refractivity contribution in [3.8, 4) is 0 Å². The van der Waals surface area contributed by atoms with Gasteiger partial charge < -0.3 is 4.74 Å². The van der Waals surface area contributed by atoms with Crippen LogP contribution in [-0.4, -0.2) is 31.5 Å². The Bertz CT molecular complexity index is 194. The van der Waals surface area contributed by atoms with Gasteiger partial charge in [-0.3, -0.25) is 5.01 Å². The summed E-state index contributed by atoms with van der Waals surface area (Å²) in [6, 6.07) is 0.209. The molecule has 0 spiro atoms. The molecule has 3 nitrogen and oxygen atoms in total. The number of ether oxygens (including phenoxy) is 1. The van der Waals surface area contributed by atoms with Crippen molar-refractivity contribution in [1.29, 1.82) is 0 Å². The SMILES string of the molecule is C=NN(/C=C\C)[C@@H](COC)C(C)(C)C. The average Bonchev–Trinajstić information content (AvgIpc) is 2.09. The molecule has 0 aliphatic carbocycles. The molecule has 0 heterocycles. The lowest BCUT2D eigenvalue weighted by atomic mass is 9.87. The fourth-order valence-electron chi connectivity index (χ4n) is 1.28. The third-order valence-electron chi connectivity index (χ3n) is 2.11. The van der Waals surface area contributed by atoms with Crippen LogP contribution in [0.5, 0.6) is 0 Å². The van der Waals surface area contributed by atoms with E-state index < -0.39 is 0 Å². The van der Waals surface area contributed by atoms with Crippen molar-refractivity contribution < 1.29 is 4.74 Å². The third-order valence-corrected chi connectivity index (χ3v) is 2.11. The number of allylic oxidation sites excluding steroid dienone is 1. The van der Waals surface area contributed by atoms with Crippen LogP contribution >= 0.6 is 0 Å². The molecule has 0 aromatic rings. The first kappa shape index (κ1) is 13.2. The fraction of sp³-hybridized carbons (Fsp3) is 0.727. The van der Waals surface area contributed by atoms with Gasteiger partial charge in [-0.2, -0.15) is 5.10 Å². The molecule has 3 heteroatoms. The van der Waals surface area contributed by atoms with Gasteiger partial charge in [0.15, 0.2) is 0 Å². The van der Waals surface area contributed by atoms with Crippen LogP contribution in [0.3, 0.4) is 0 Å². The first-order valence-electron chi connectivity index (χ1n) is 4.84. The number of nitrogens with zero attached hydrogens (tertiary/aromatic N) is 2. The van der Waals surface area contributed by atoms with Crippen LogP contribution < -0.4 is 0 Å². The minimum atomic E-state index is 0.108. The van der Waals surface area contributed by atoms with E-state index in [4.69, 9.17) is 4.74 Å². The molecule has 0 bridgehead atoms. The molecule has 0 aromatic carbocycles. The van der Waals surface area contributed by atoms with Crippen LogP contribution in [0.4, 0.5) is 0 Å². The summed E-state index contributed by atoms with van der Waals surface area (Å²) in [7, 11) is 1.70. The maximum absolute atomic E-state index is 5.20. The maximum atomic E-state index is 5.20. The molecule has 1 atom stereocenters. The van der Waals surface area contributed by atoms with E-state index in [2.05, 4.69) is 32.6 Å². The molecule has 0 amide bonds. The summed E-state index contributed by atoms with van der Waals surface area (Å²) < 4.78 is 5.20. The van der Waals surface area contributed by atoms with Crippen LogP contribution in [0.15, 0.2) is 17.4 Å². The van der Waals surface area contributed by atoms with E-state index in [0.29, 0.717) is 6.61 Å². The Morgan fingerprint density at radius 3 is 2.36 bits per heavy atom. The molecule has 82 valence electrons. The maximum Gasteiger partial charge on any atom is 0.0800 e. The average molecular weight is 198 g/mol. The second kappa shape index (κ2) is 5.81. The van der Waals surface area contributed by atoms with Gasteiger partial charge in [0.2, 0.25) is 0 Å². The smallest absolute Gasteiger partial charge is 0.0800 e. The second-order valence-electron chi connectivity index (χ2n) is 4.34. The van der Waals surface area contributed by atoms with E-state index in [-0.39, 0.29) is 11.5 Å². The largest absolute Gasteiger partial charge is 0.382 e. The van der Waals surface area contributed by atoms with E-state index in [0.717, 1.165) is 0 Å². The fourth-order valence-corrected chi connectivity index (χ4v) is 1.28. The lowest BCUT2D eigenvalue weighted by molar-refractivity contribution is 0.0562. The van der Waals surface area contributed by atoms with Crippen LogP contribution in [0.25, 0.3) is 0 Å². The molecule has 0 aromatic heterocycles. The predicted octanol–water partition coefficient (Wildman–Crippen LogP) is 2.50. The van der Waals surface area contributed by atoms with Crippen molar-refractivity contribution >= 4 is 6.72 Å². The minimum absolute atomic E-state index is 0.108. The monoisotopic (exact) mass is 198 g/mol. The van der Waals surface area contributed by atoms with Crippen molar-refractivity contribution in [2.45, 2.75) is 33.7 Å². The zero-order chi connectivity index (χ0) is 11.2. The van der Waals surface area contributed by atoms with Gasteiger partial charge in [-0.25, -0.2) is 0 Å². The quantitative estimate of drug-likeness (QED) is 0.501. The Labute approximate surface area is 87.4 Å². The Morgan fingerprint density at radius 2 is 2.07 bits per heavy atom. The number of hydrogen-bond acceptors (Lipinski definition) is 3. The Balaban J connectivity index is 4.68. The summed E-state index contributed by atoms with van der Waals surface area (Å²) in [4.78, 5) is 0. The number of hydrogen-bond donors (Lipinski definition) is 0. The molecule has 0 saturated carbocycles. The van der Waals surface area contributed by atoms with Crippen LogP contribution in [0.1, 0.15) is 27.7 Å². The lowest BCUT2D eigenvalue weighted by Crippen LogP contribution is -2.41. The summed E-state index contributed by atoms with van der Waals surface area (Å²) in [6.07, 6.45) is 3.87. The first-order chi connectivity index (χ1) is 6.47. The molecular weight excluding hydrogens is 176 g/mol. The first-order valence-corrected chi connectivity index (χ1v) is 4.84. The highest BCUT2D eigenvalue weighted by Gasteiger charge is 2.28. The third kappa shape index (κ3) is 3.92. The minimum Gasteiger partial charge on any atom is -0.382 e. The Kier molecular flexibility index (Phi) is 5.46. The standard InChI is InChI=1S/C11H22N2O/c1-7-8-13(12-5)10(9-14-6)11(2,3)4/h7-8,10H,5,9H2,1-4,6H3/b8-7-/t10-/m0/s1. The molecule has 0 fully saturated rings. The van der Waals surface area contributed by atoms with Crippen LogP contribution in [0.2, 0.25) is 0 Å². The van der Waals surface area contributed by atoms with E-state index in [1.165, 1.54) is 0 Å². The van der Waals surface area contributed by atoms with Gasteiger partial charge >= 0.3 is 0 Å². The normalized spacial score (nSPS) is 14.4. The molecule has 0 rings (SSSR count). The predicted molar refractivity (Wildman–Crippen MR) is 61.3 cm³/mol. The van der Waals surface area contributed by atoms with Crippen molar-refractivity contribution in [3.05, 3.63) is 12.3 Å². The summed E-state index contributed by atoms with van der Waals surface area (Å²) in [5.41, 5.74) is 0.108. The second-order valence-corrected chi connectivity index (χ2v) is 4.34. The van der Waals surface area contributed by atoms with Crippen LogP contribution in [0, 0.1) is 5.41 Å². The topological polar surface area (TPSA) is 24.8 Å². The van der Waals surface area contributed by atoms with Crippen molar-refractivity contribution in [2.24, 2.45) is 10.5 Å². The highest BCUT2D eigenvalue weighted by Crippen LogP contribution is 2.25. The van der Waals surface area contributed by atoms with Gasteiger partial charge in [0.25, 0.3) is 0 Å². The van der Waals surface area contributed by atoms with Crippen molar-refractivity contribution in [2.75, 3.05) is 13.7 Å². The molecule has 0 N–H and O–H groups in total. The Morgan fingerprint density at radius 1 is 1.50 bits per heavy atom. The van der Waals surface area contributed by atoms with E-state index in [9.17, 15) is 0 Å². The van der Waals surface area contributed by atoms with E-state index in [1.54, 1.807) is 7.11 Å². The van der Waals surface area contributed by atoms with Gasteiger partial charge in [0.1, 0.15) is 0 Å². The molecule has 0 aliphatic rings. The van der Waals surface area contributed by atoms with Crippen molar-refractivity contribution in [3.63, 3.8) is 0 Å². The summed E-state index contributed by atoms with van der Waals surface area (Å²) >= 11 is 0. The van der Waals surface area contributed by atoms with E-state index in [1.807, 2.05) is 24.2 Å². The molecule has 0 saturated heterocycles. The molecule has 14 heavy (non-hydrogen) atoms. The number of hydrazone groups is 1. The van der Waals surface area contributed by atoms with E-state index >= 15 is 0 Å². The Hall–Kier alpha value is -0.830. The van der Waals surface area contributed by atoms with Gasteiger partial charge in [-0.15, -0.1) is 0 Å². The van der Waals surface area contributed by atoms with Gasteiger partial charge in [-0.1, -0.05) is 26.8 Å². The van der Waals surface area contributed by atoms with Gasteiger partial charge in [0, 0.05) is 20.0 Å². The zero-order valence-corrected chi connectivity index (χ0v) is 9.95. The number of methoxy groups -OCH3 is 1. The van der Waals surface area contributed by atoms with Gasteiger partial charge in [0.05, 0.1) is 12.6 Å². The summed E-state index contributed by atoms with van der Waals surface area (Å²) in [6.45, 7) is 12.7. The molecule has 0 unspecified atom stereocenters. The van der Waals surface area contributed by atoms with Crippen molar-refractivity contribution in [1.82, 2.24) is 5.01 Å². The molecular formula is C11H22N2O. The summed E-state index contributed by atoms with van der Waals surface area (Å²) in [5, 5.41) is 5.83.